The van der Waals surface area contributed by atoms with E-state index >= 15 is 0 Å². The van der Waals surface area contributed by atoms with E-state index in [1.54, 1.807) is 44.2 Å². The summed E-state index contributed by atoms with van der Waals surface area (Å²) in [5.41, 5.74) is 2.42. The van der Waals surface area contributed by atoms with Crippen LogP contribution in [0.1, 0.15) is 30.5 Å². The molecule has 0 fully saturated rings. The summed E-state index contributed by atoms with van der Waals surface area (Å²) < 4.78 is 10.3. The summed E-state index contributed by atoms with van der Waals surface area (Å²) in [7, 11) is 0. The van der Waals surface area contributed by atoms with Gasteiger partial charge in [-0.15, -0.1) is 0 Å². The predicted molar refractivity (Wildman–Crippen MR) is 114 cm³/mol. The van der Waals surface area contributed by atoms with Gasteiger partial charge in [-0.3, -0.25) is 0 Å². The molecule has 0 bridgehead atoms. The Morgan fingerprint density at radius 3 is 1.83 bits per heavy atom. The molecule has 2 rings (SSSR count). The molecule has 0 aliphatic rings. The molecule has 6 heteroatoms. The van der Waals surface area contributed by atoms with E-state index in [1.165, 1.54) is 25.1 Å². The van der Waals surface area contributed by atoms with Gasteiger partial charge in [-0.25, -0.2) is 14.4 Å². The monoisotopic (exact) mass is 406 g/mol. The van der Waals surface area contributed by atoms with Crippen LogP contribution in [0.2, 0.25) is 0 Å². The van der Waals surface area contributed by atoms with Crippen LogP contribution in [0.25, 0.3) is 11.6 Å². The number of aliphatic carboxylic acids is 1. The second-order valence-electron chi connectivity index (χ2n) is 6.75. The molecule has 0 aliphatic carbocycles. The highest BCUT2D eigenvalue weighted by molar-refractivity contribution is 6.20. The topological polar surface area (TPSA) is 89.9 Å². The second kappa shape index (κ2) is 9.52. The van der Waals surface area contributed by atoms with Crippen LogP contribution in [0.5, 0.6) is 11.5 Å². The van der Waals surface area contributed by atoms with E-state index in [4.69, 9.17) is 9.47 Å². The van der Waals surface area contributed by atoms with Crippen LogP contribution < -0.4 is 9.47 Å². The van der Waals surface area contributed by atoms with Crippen molar-refractivity contribution in [1.29, 1.82) is 0 Å². The van der Waals surface area contributed by atoms with Gasteiger partial charge in [-0.1, -0.05) is 31.4 Å². The van der Waals surface area contributed by atoms with Gasteiger partial charge in [0.1, 0.15) is 11.5 Å². The van der Waals surface area contributed by atoms with Crippen LogP contribution in [0, 0.1) is 6.92 Å². The zero-order valence-electron chi connectivity index (χ0n) is 17.0. The van der Waals surface area contributed by atoms with Crippen LogP contribution in [0.3, 0.4) is 0 Å². The van der Waals surface area contributed by atoms with E-state index in [1.807, 2.05) is 0 Å². The van der Waals surface area contributed by atoms with Gasteiger partial charge >= 0.3 is 17.9 Å². The van der Waals surface area contributed by atoms with Crippen LogP contribution in [-0.2, 0) is 14.4 Å². The SMILES string of the molecule is C=C(C)C(=O)Oc1ccc(/C(=C/c2ccc(OC(=O)C(=C)C)cc2C)C(=O)O)cc1. The Morgan fingerprint density at radius 2 is 1.37 bits per heavy atom. The molecule has 0 atom stereocenters. The average molecular weight is 406 g/mol. The number of benzene rings is 2. The lowest BCUT2D eigenvalue weighted by Gasteiger charge is -2.09. The zero-order chi connectivity index (χ0) is 22.4. The van der Waals surface area contributed by atoms with E-state index in [0.717, 1.165) is 5.56 Å². The summed E-state index contributed by atoms with van der Waals surface area (Å²) in [5.74, 6) is -1.57. The predicted octanol–water partition coefficient (Wildman–Crippen LogP) is 4.58. The molecule has 0 radical (unpaired) electrons. The van der Waals surface area contributed by atoms with Crippen LogP contribution in [-0.4, -0.2) is 23.0 Å². The minimum atomic E-state index is -1.11. The standard InChI is InChI=1S/C24H22O6/c1-14(2)23(27)29-19-9-6-17(7-10-19)21(22(25)26)13-18-8-11-20(12-16(18)5)30-24(28)15(3)4/h6-13H,1,3H2,2,4-5H3,(H,25,26)/b21-13-. The van der Waals surface area contributed by atoms with Crippen molar-refractivity contribution >= 4 is 29.6 Å². The van der Waals surface area contributed by atoms with E-state index in [-0.39, 0.29) is 22.5 Å². The number of hydrogen-bond donors (Lipinski definition) is 1. The van der Waals surface area contributed by atoms with E-state index in [2.05, 4.69) is 13.2 Å². The first-order valence-electron chi connectivity index (χ1n) is 9.00. The quantitative estimate of drug-likeness (QED) is 0.313. The summed E-state index contributed by atoms with van der Waals surface area (Å²) in [6.07, 6.45) is 1.52. The number of carbonyl (C=O) groups excluding carboxylic acids is 2. The molecule has 0 aromatic heterocycles. The van der Waals surface area contributed by atoms with Crippen LogP contribution in [0.4, 0.5) is 0 Å². The van der Waals surface area contributed by atoms with E-state index in [0.29, 0.717) is 16.9 Å². The van der Waals surface area contributed by atoms with Gasteiger partial charge in [-0.05, 0) is 67.8 Å². The highest BCUT2D eigenvalue weighted by atomic mass is 16.5. The fourth-order valence-electron chi connectivity index (χ4n) is 2.39. The maximum Gasteiger partial charge on any atom is 0.338 e. The molecule has 0 spiro atoms. The first-order valence-corrected chi connectivity index (χ1v) is 9.00. The smallest absolute Gasteiger partial charge is 0.338 e. The summed E-state index contributed by atoms with van der Waals surface area (Å²) in [5, 5.41) is 9.66. The Bertz CT molecular complexity index is 1060. The van der Waals surface area contributed by atoms with Crippen molar-refractivity contribution in [1.82, 2.24) is 0 Å². The first-order chi connectivity index (χ1) is 14.1. The van der Waals surface area contributed by atoms with Gasteiger partial charge in [0.05, 0.1) is 5.57 Å². The highest BCUT2D eigenvalue weighted by Crippen LogP contribution is 2.25. The molecule has 1 N–H and O–H groups in total. The molecule has 154 valence electrons. The fraction of sp³-hybridized carbons (Fsp3) is 0.125. The summed E-state index contributed by atoms with van der Waals surface area (Å²) in [6.45, 7) is 11.9. The Kier molecular flexibility index (Phi) is 7.09. The van der Waals surface area contributed by atoms with Crippen molar-refractivity contribution in [3.8, 4) is 11.5 Å². The van der Waals surface area contributed by atoms with Gasteiger partial charge in [0, 0.05) is 11.1 Å². The van der Waals surface area contributed by atoms with Crippen molar-refractivity contribution in [2.45, 2.75) is 20.8 Å². The molecule has 2 aromatic rings. The third-order valence-corrected chi connectivity index (χ3v) is 4.05. The molecule has 0 saturated heterocycles. The normalized spacial score (nSPS) is 10.8. The molecule has 0 amide bonds. The van der Waals surface area contributed by atoms with Crippen LogP contribution in [0.15, 0.2) is 66.8 Å². The number of ether oxygens (including phenoxy) is 2. The molecule has 0 unspecified atom stereocenters. The van der Waals surface area contributed by atoms with Gasteiger partial charge in [-0.2, -0.15) is 0 Å². The van der Waals surface area contributed by atoms with E-state index < -0.39 is 17.9 Å². The zero-order valence-corrected chi connectivity index (χ0v) is 17.0. The molecule has 0 aliphatic heterocycles. The minimum Gasteiger partial charge on any atom is -0.478 e. The Hall–Kier alpha value is -3.93. The highest BCUT2D eigenvalue weighted by Gasteiger charge is 2.13. The lowest BCUT2D eigenvalue weighted by Crippen LogP contribution is -2.08. The molecular weight excluding hydrogens is 384 g/mol. The fourth-order valence-corrected chi connectivity index (χ4v) is 2.39. The van der Waals surface area contributed by atoms with Crippen molar-refractivity contribution in [2.24, 2.45) is 0 Å². The maximum atomic E-state index is 11.8. The minimum absolute atomic E-state index is 0.0579. The molecular formula is C24H22O6. The Morgan fingerprint density at radius 1 is 0.867 bits per heavy atom. The number of carboxylic acids is 1. The lowest BCUT2D eigenvalue weighted by atomic mass is 10.00. The molecule has 0 saturated carbocycles. The number of esters is 2. The molecule has 0 heterocycles. The third kappa shape index (κ3) is 5.78. The van der Waals surface area contributed by atoms with Gasteiger partial charge in [0.15, 0.2) is 0 Å². The summed E-state index contributed by atoms with van der Waals surface area (Å²) in [4.78, 5) is 35.0. The van der Waals surface area contributed by atoms with Crippen molar-refractivity contribution < 1.29 is 29.0 Å². The first kappa shape index (κ1) is 22.4. The number of aryl methyl sites for hydroxylation is 1. The lowest BCUT2D eigenvalue weighted by molar-refractivity contribution is -0.131. The number of carbonyl (C=O) groups is 3. The largest absolute Gasteiger partial charge is 0.478 e. The van der Waals surface area contributed by atoms with Gasteiger partial charge in [0.25, 0.3) is 0 Å². The van der Waals surface area contributed by atoms with Gasteiger partial charge < -0.3 is 14.6 Å². The molecule has 6 nitrogen and oxygen atoms in total. The average Bonchev–Trinajstić information content (AvgIpc) is 2.67. The Labute approximate surface area is 174 Å². The number of carboxylic acid groups (broad SMARTS) is 1. The summed E-state index contributed by atoms with van der Waals surface area (Å²) in [6, 6.07) is 11.0. The van der Waals surface area contributed by atoms with Crippen molar-refractivity contribution in [2.75, 3.05) is 0 Å². The number of rotatable bonds is 7. The third-order valence-electron chi connectivity index (χ3n) is 4.05. The van der Waals surface area contributed by atoms with E-state index in [9.17, 15) is 19.5 Å². The van der Waals surface area contributed by atoms with Crippen molar-refractivity contribution in [3.05, 3.63) is 83.5 Å². The molecule has 2 aromatic carbocycles. The van der Waals surface area contributed by atoms with Gasteiger partial charge in [0.2, 0.25) is 0 Å². The molecule has 30 heavy (non-hydrogen) atoms. The Balaban J connectivity index is 2.31. The maximum absolute atomic E-state index is 11.8. The number of hydrogen-bond acceptors (Lipinski definition) is 5. The summed E-state index contributed by atoms with van der Waals surface area (Å²) >= 11 is 0. The second-order valence-corrected chi connectivity index (χ2v) is 6.75. The van der Waals surface area contributed by atoms with Crippen LogP contribution >= 0.6 is 0 Å². The van der Waals surface area contributed by atoms with Crippen molar-refractivity contribution in [3.63, 3.8) is 0 Å².